The van der Waals surface area contributed by atoms with Crippen molar-refractivity contribution in [2.45, 2.75) is 18.9 Å². The van der Waals surface area contributed by atoms with Crippen LogP contribution in [0.3, 0.4) is 0 Å². The molecule has 0 saturated heterocycles. The van der Waals surface area contributed by atoms with Gasteiger partial charge in [-0.25, -0.2) is 0 Å². The second-order valence-electron chi connectivity index (χ2n) is 2.25. The Kier molecular flexibility index (Phi) is 4.88. The van der Waals surface area contributed by atoms with E-state index in [1.54, 1.807) is 0 Å². The molecule has 0 aliphatic heterocycles. The van der Waals surface area contributed by atoms with Gasteiger partial charge in [0.2, 0.25) is 5.91 Å². The van der Waals surface area contributed by atoms with E-state index in [-0.39, 0.29) is 0 Å². The lowest BCUT2D eigenvalue weighted by Gasteiger charge is -2.05. The Balaban J connectivity index is 3.21. The van der Waals surface area contributed by atoms with Crippen LogP contribution in [0.5, 0.6) is 0 Å². The molecule has 5 N–H and O–H groups in total. The zero-order chi connectivity index (χ0) is 7.98. The molecule has 1 amide bonds. The van der Waals surface area contributed by atoms with Crippen LogP contribution in [0.15, 0.2) is 0 Å². The summed E-state index contributed by atoms with van der Waals surface area (Å²) in [6, 6.07) is -0.478. The number of nitrogens with two attached hydrogens (primary N) is 2. The normalized spacial score (nSPS) is 13.0. The zero-order valence-corrected chi connectivity index (χ0v) is 6.26. The fourth-order valence-electron chi connectivity index (χ4n) is 0.641. The van der Waals surface area contributed by atoms with Gasteiger partial charge >= 0.3 is 0 Å². The molecule has 0 spiro atoms. The molecule has 0 saturated carbocycles. The van der Waals surface area contributed by atoms with Crippen LogP contribution in [0.25, 0.3) is 0 Å². The summed E-state index contributed by atoms with van der Waals surface area (Å²) >= 11 is 0. The van der Waals surface area contributed by atoms with E-state index >= 15 is 0 Å². The van der Waals surface area contributed by atoms with E-state index < -0.39 is 11.9 Å². The highest BCUT2D eigenvalue weighted by atomic mass is 16.1. The van der Waals surface area contributed by atoms with Crippen molar-refractivity contribution in [3.05, 3.63) is 0 Å². The van der Waals surface area contributed by atoms with Gasteiger partial charge in [-0.15, -0.1) is 0 Å². The Hall–Kier alpha value is -0.610. The fraction of sp³-hybridized carbons (Fsp3) is 0.833. The molecule has 0 heterocycles. The van der Waals surface area contributed by atoms with E-state index in [0.717, 1.165) is 13.0 Å². The first kappa shape index (κ1) is 9.39. The van der Waals surface area contributed by atoms with Gasteiger partial charge in [-0.1, -0.05) is 0 Å². The Morgan fingerprint density at radius 2 is 2.30 bits per heavy atom. The Morgan fingerprint density at radius 1 is 1.70 bits per heavy atom. The van der Waals surface area contributed by atoms with Crippen LogP contribution in [0, 0.1) is 0 Å². The highest BCUT2D eigenvalue weighted by Gasteiger charge is 2.06. The molecule has 0 aromatic carbocycles. The van der Waals surface area contributed by atoms with Crippen molar-refractivity contribution in [3.63, 3.8) is 0 Å². The number of primary amides is 1. The first-order valence-corrected chi connectivity index (χ1v) is 3.38. The summed E-state index contributed by atoms with van der Waals surface area (Å²) in [5.74, 6) is -0.420. The first-order valence-electron chi connectivity index (χ1n) is 3.38. The lowest BCUT2D eigenvalue weighted by Crippen LogP contribution is -2.36. The predicted molar refractivity (Wildman–Crippen MR) is 40.3 cm³/mol. The maximum Gasteiger partial charge on any atom is 0.234 e. The van der Waals surface area contributed by atoms with Gasteiger partial charge in [0.05, 0.1) is 6.04 Å². The minimum Gasteiger partial charge on any atom is -0.368 e. The summed E-state index contributed by atoms with van der Waals surface area (Å²) in [5.41, 5.74) is 10.3. The Labute approximate surface area is 61.0 Å². The highest BCUT2D eigenvalue weighted by molar-refractivity contribution is 5.79. The molecule has 0 aromatic heterocycles. The van der Waals surface area contributed by atoms with Gasteiger partial charge in [0.15, 0.2) is 0 Å². The van der Waals surface area contributed by atoms with Crippen LogP contribution in [0.4, 0.5) is 0 Å². The molecule has 1 atom stereocenters. The van der Waals surface area contributed by atoms with Crippen LogP contribution in [-0.2, 0) is 4.79 Å². The number of hydrogen-bond acceptors (Lipinski definition) is 3. The third kappa shape index (κ3) is 4.29. The zero-order valence-electron chi connectivity index (χ0n) is 6.26. The second-order valence-corrected chi connectivity index (χ2v) is 2.25. The standard InChI is InChI=1S/C6H15N3O/c1-9-4-2-3-5(7)6(8)10/h5,9H,2-4,7H2,1H3,(H2,8,10)/t5-/m0/s1. The second kappa shape index (κ2) is 5.20. The smallest absolute Gasteiger partial charge is 0.234 e. The van der Waals surface area contributed by atoms with Crippen molar-refractivity contribution < 1.29 is 4.79 Å². The number of hydrogen-bond donors (Lipinski definition) is 3. The molecule has 4 nitrogen and oxygen atoms in total. The largest absolute Gasteiger partial charge is 0.368 e. The summed E-state index contributed by atoms with van der Waals surface area (Å²) in [5, 5.41) is 2.95. The molecular formula is C6H15N3O. The topological polar surface area (TPSA) is 81.1 Å². The summed E-state index contributed by atoms with van der Waals surface area (Å²) in [4.78, 5) is 10.4. The molecule has 4 heteroatoms. The predicted octanol–water partition coefficient (Wildman–Crippen LogP) is -1.20. The van der Waals surface area contributed by atoms with Gasteiger partial charge in [0, 0.05) is 0 Å². The van der Waals surface area contributed by atoms with E-state index in [9.17, 15) is 4.79 Å². The monoisotopic (exact) mass is 145 g/mol. The van der Waals surface area contributed by atoms with E-state index in [0.29, 0.717) is 6.42 Å². The lowest BCUT2D eigenvalue weighted by atomic mass is 10.1. The Bertz CT molecular complexity index is 105. The lowest BCUT2D eigenvalue weighted by molar-refractivity contribution is -0.119. The third-order valence-corrected chi connectivity index (χ3v) is 1.31. The molecule has 60 valence electrons. The average Bonchev–Trinajstić information content (AvgIpc) is 1.88. The van der Waals surface area contributed by atoms with E-state index in [1.807, 2.05) is 7.05 Å². The first-order chi connectivity index (χ1) is 4.68. The molecular weight excluding hydrogens is 130 g/mol. The average molecular weight is 145 g/mol. The number of rotatable bonds is 5. The van der Waals surface area contributed by atoms with Gasteiger partial charge in [0.1, 0.15) is 0 Å². The SMILES string of the molecule is CNCCC[C@H](N)C(N)=O. The highest BCUT2D eigenvalue weighted by Crippen LogP contribution is 1.90. The molecule has 0 aliphatic rings. The quantitative estimate of drug-likeness (QED) is 0.425. The van der Waals surface area contributed by atoms with Gasteiger partial charge < -0.3 is 16.8 Å². The van der Waals surface area contributed by atoms with Crippen molar-refractivity contribution in [2.75, 3.05) is 13.6 Å². The molecule has 10 heavy (non-hydrogen) atoms. The molecule has 0 aliphatic carbocycles. The molecule has 0 rings (SSSR count). The maximum atomic E-state index is 10.4. The minimum atomic E-state index is -0.478. The van der Waals surface area contributed by atoms with Gasteiger partial charge in [-0.05, 0) is 26.4 Å². The molecule has 0 radical (unpaired) electrons. The van der Waals surface area contributed by atoms with Gasteiger partial charge in [0.25, 0.3) is 0 Å². The third-order valence-electron chi connectivity index (χ3n) is 1.31. The molecule has 0 unspecified atom stereocenters. The number of nitrogens with one attached hydrogen (secondary N) is 1. The number of carbonyl (C=O) groups excluding carboxylic acids is 1. The summed E-state index contributed by atoms with van der Waals surface area (Å²) in [6.07, 6.45) is 1.55. The van der Waals surface area contributed by atoms with Crippen molar-refractivity contribution in [2.24, 2.45) is 11.5 Å². The van der Waals surface area contributed by atoms with Crippen molar-refractivity contribution >= 4 is 5.91 Å². The molecule has 0 fully saturated rings. The summed E-state index contributed by atoms with van der Waals surface area (Å²) < 4.78 is 0. The fourth-order valence-corrected chi connectivity index (χ4v) is 0.641. The molecule has 0 bridgehead atoms. The van der Waals surface area contributed by atoms with Crippen LogP contribution in [-0.4, -0.2) is 25.5 Å². The van der Waals surface area contributed by atoms with Gasteiger partial charge in [-0.3, -0.25) is 4.79 Å². The maximum absolute atomic E-state index is 10.4. The van der Waals surface area contributed by atoms with Crippen LogP contribution >= 0.6 is 0 Å². The number of carbonyl (C=O) groups is 1. The minimum absolute atomic E-state index is 0.420. The Morgan fingerprint density at radius 3 is 2.70 bits per heavy atom. The van der Waals surface area contributed by atoms with E-state index in [4.69, 9.17) is 11.5 Å². The van der Waals surface area contributed by atoms with Crippen LogP contribution < -0.4 is 16.8 Å². The van der Waals surface area contributed by atoms with E-state index in [1.165, 1.54) is 0 Å². The van der Waals surface area contributed by atoms with Crippen molar-refractivity contribution in [1.82, 2.24) is 5.32 Å². The number of amides is 1. The van der Waals surface area contributed by atoms with Crippen LogP contribution in [0.2, 0.25) is 0 Å². The van der Waals surface area contributed by atoms with Crippen molar-refractivity contribution in [1.29, 1.82) is 0 Å². The van der Waals surface area contributed by atoms with Crippen molar-refractivity contribution in [3.8, 4) is 0 Å². The summed E-state index contributed by atoms with van der Waals surface area (Å²) in [6.45, 7) is 0.876. The van der Waals surface area contributed by atoms with E-state index in [2.05, 4.69) is 5.32 Å². The van der Waals surface area contributed by atoms with Gasteiger partial charge in [-0.2, -0.15) is 0 Å². The summed E-state index contributed by atoms with van der Waals surface area (Å²) in [7, 11) is 1.86. The molecule has 0 aromatic rings. The van der Waals surface area contributed by atoms with Crippen LogP contribution in [0.1, 0.15) is 12.8 Å².